The van der Waals surface area contributed by atoms with E-state index in [0.29, 0.717) is 11.1 Å². The van der Waals surface area contributed by atoms with Crippen LogP contribution in [-0.4, -0.2) is 39.7 Å². The van der Waals surface area contributed by atoms with E-state index in [1.807, 2.05) is 65.3 Å². The largest absolute Gasteiger partial charge is 0.348 e. The molecule has 0 saturated heterocycles. The lowest BCUT2D eigenvalue weighted by Gasteiger charge is -2.19. The molecule has 1 heterocycles. The number of likely N-dealkylation sites (N-methyl/N-ethyl adjacent to an activating group) is 1. The zero-order valence-electron chi connectivity index (χ0n) is 15.4. The third-order valence-electron chi connectivity index (χ3n) is 4.55. The first-order valence-corrected chi connectivity index (χ1v) is 9.96. The van der Waals surface area contributed by atoms with E-state index in [1.165, 1.54) is 11.8 Å². The Morgan fingerprint density at radius 3 is 2.30 bits per heavy atom. The summed E-state index contributed by atoms with van der Waals surface area (Å²) < 4.78 is 1.93. The molecule has 3 aromatic rings. The summed E-state index contributed by atoms with van der Waals surface area (Å²) in [5.41, 5.74) is 1.97. The highest BCUT2D eigenvalue weighted by molar-refractivity contribution is 8.00. The third kappa shape index (κ3) is 3.90. The van der Waals surface area contributed by atoms with Gasteiger partial charge in [-0.2, -0.15) is 0 Å². The highest BCUT2D eigenvalue weighted by Crippen LogP contribution is 2.42. The summed E-state index contributed by atoms with van der Waals surface area (Å²) in [6.07, 6.45) is 2.29. The lowest BCUT2D eigenvalue weighted by Crippen LogP contribution is -2.26. The summed E-state index contributed by atoms with van der Waals surface area (Å²) >= 11 is 1.42. The Labute approximate surface area is 163 Å². The molecule has 1 amide bonds. The van der Waals surface area contributed by atoms with Gasteiger partial charge in [0.15, 0.2) is 0 Å². The van der Waals surface area contributed by atoms with E-state index < -0.39 is 0 Å². The fourth-order valence-corrected chi connectivity index (χ4v) is 4.04. The first-order chi connectivity index (χ1) is 13.1. The smallest absolute Gasteiger partial charge is 0.240 e. The second-order valence-corrected chi connectivity index (χ2v) is 7.99. The number of aromatic nitrogens is 3. The molecule has 4 rings (SSSR count). The molecule has 2 aromatic carbocycles. The van der Waals surface area contributed by atoms with Crippen molar-refractivity contribution in [3.63, 3.8) is 0 Å². The Bertz CT molecular complexity index is 920. The van der Waals surface area contributed by atoms with Crippen LogP contribution in [-0.2, 0) is 4.79 Å². The van der Waals surface area contributed by atoms with Crippen molar-refractivity contribution < 1.29 is 4.79 Å². The summed E-state index contributed by atoms with van der Waals surface area (Å²) in [4.78, 5) is 19.2. The van der Waals surface area contributed by atoms with Crippen LogP contribution in [0.3, 0.4) is 0 Å². The molecule has 1 aliphatic rings. The van der Waals surface area contributed by atoms with Crippen LogP contribution in [0.4, 0.5) is 0 Å². The van der Waals surface area contributed by atoms with Gasteiger partial charge in [-0.3, -0.25) is 4.79 Å². The lowest BCUT2D eigenvalue weighted by atomic mass is 10.1. The van der Waals surface area contributed by atoms with Crippen LogP contribution >= 0.6 is 11.8 Å². The number of nitrogens with zero attached hydrogens (tertiary/aromatic N) is 4. The fraction of sp³-hybridized carbons (Fsp3) is 0.286. The molecule has 0 bridgehead atoms. The number of hydrogen-bond donors (Lipinski definition) is 0. The van der Waals surface area contributed by atoms with Crippen LogP contribution in [0.25, 0.3) is 5.69 Å². The SMILES string of the molecule is CN(C)C(=O)[C@H](Sc1nc(C2CC2)n(-c2ccccc2)n1)c1ccccc1. The van der Waals surface area contributed by atoms with E-state index in [-0.39, 0.29) is 11.2 Å². The van der Waals surface area contributed by atoms with Gasteiger partial charge in [-0.1, -0.05) is 60.3 Å². The lowest BCUT2D eigenvalue weighted by molar-refractivity contribution is -0.128. The number of thioether (sulfide) groups is 1. The maximum atomic E-state index is 12.8. The molecule has 5 nitrogen and oxygen atoms in total. The molecule has 138 valence electrons. The molecule has 1 aromatic heterocycles. The Morgan fingerprint density at radius 2 is 1.70 bits per heavy atom. The molecule has 0 unspecified atom stereocenters. The number of carbonyl (C=O) groups excluding carboxylic acids is 1. The van der Waals surface area contributed by atoms with Crippen molar-refractivity contribution in [2.45, 2.75) is 29.2 Å². The molecule has 1 fully saturated rings. The van der Waals surface area contributed by atoms with Gasteiger partial charge < -0.3 is 4.90 Å². The Morgan fingerprint density at radius 1 is 1.07 bits per heavy atom. The maximum absolute atomic E-state index is 12.8. The van der Waals surface area contributed by atoms with E-state index in [2.05, 4.69) is 0 Å². The van der Waals surface area contributed by atoms with Crippen LogP contribution in [0.2, 0.25) is 0 Å². The molecule has 1 atom stereocenters. The van der Waals surface area contributed by atoms with Crippen molar-refractivity contribution in [2.24, 2.45) is 0 Å². The normalized spacial score (nSPS) is 14.7. The van der Waals surface area contributed by atoms with Crippen LogP contribution in [0.15, 0.2) is 65.8 Å². The number of benzene rings is 2. The van der Waals surface area contributed by atoms with Crippen LogP contribution in [0.5, 0.6) is 0 Å². The summed E-state index contributed by atoms with van der Waals surface area (Å²) in [5.74, 6) is 1.50. The van der Waals surface area contributed by atoms with Gasteiger partial charge in [-0.15, -0.1) is 5.10 Å². The molecule has 0 aliphatic heterocycles. The molecule has 0 radical (unpaired) electrons. The molecule has 1 saturated carbocycles. The molecular formula is C21H22N4OS. The van der Waals surface area contributed by atoms with Gasteiger partial charge in [-0.05, 0) is 30.5 Å². The first-order valence-electron chi connectivity index (χ1n) is 9.08. The van der Waals surface area contributed by atoms with Crippen molar-refractivity contribution >= 4 is 17.7 Å². The van der Waals surface area contributed by atoms with Crippen LogP contribution in [0.1, 0.15) is 35.4 Å². The standard InChI is InChI=1S/C21H22N4OS/c1-24(2)20(26)18(15-9-5-3-6-10-15)27-21-22-19(16-13-14-16)25(23-21)17-11-7-4-8-12-17/h3-12,16,18H,13-14H2,1-2H3/t18-/m1/s1. The molecule has 0 spiro atoms. The molecule has 27 heavy (non-hydrogen) atoms. The molecule has 1 aliphatic carbocycles. The van der Waals surface area contributed by atoms with Gasteiger partial charge in [0.25, 0.3) is 0 Å². The predicted molar refractivity (Wildman–Crippen MR) is 107 cm³/mol. The van der Waals surface area contributed by atoms with E-state index in [4.69, 9.17) is 10.1 Å². The fourth-order valence-electron chi connectivity index (χ4n) is 2.95. The zero-order chi connectivity index (χ0) is 18.8. The number of rotatable bonds is 6. The monoisotopic (exact) mass is 378 g/mol. The summed E-state index contributed by atoms with van der Waals surface area (Å²) in [5, 5.41) is 5.03. The van der Waals surface area contributed by atoms with Gasteiger partial charge in [0, 0.05) is 20.0 Å². The van der Waals surface area contributed by atoms with E-state index in [9.17, 15) is 4.79 Å². The second kappa shape index (κ2) is 7.56. The van der Waals surface area contributed by atoms with Gasteiger partial charge in [0.05, 0.1) is 5.69 Å². The Kier molecular flexibility index (Phi) is 4.99. The summed E-state index contributed by atoms with van der Waals surface area (Å²) in [6, 6.07) is 19.9. The van der Waals surface area contributed by atoms with Gasteiger partial charge in [0.1, 0.15) is 11.1 Å². The van der Waals surface area contributed by atoms with Crippen LogP contribution in [0, 0.1) is 0 Å². The number of amides is 1. The summed E-state index contributed by atoms with van der Waals surface area (Å²) in [6.45, 7) is 0. The van der Waals surface area contributed by atoms with Crippen molar-refractivity contribution in [2.75, 3.05) is 14.1 Å². The average Bonchev–Trinajstić information content (AvgIpc) is 3.46. The predicted octanol–water partition coefficient (Wildman–Crippen LogP) is 4.07. The first kappa shape index (κ1) is 17.8. The number of carbonyl (C=O) groups is 1. The molecule has 6 heteroatoms. The van der Waals surface area contributed by atoms with E-state index >= 15 is 0 Å². The van der Waals surface area contributed by atoms with Crippen molar-refractivity contribution in [3.05, 3.63) is 72.1 Å². The average molecular weight is 379 g/mol. The minimum absolute atomic E-state index is 0.0373. The highest BCUT2D eigenvalue weighted by Gasteiger charge is 2.32. The molecule has 0 N–H and O–H groups in total. The maximum Gasteiger partial charge on any atom is 0.240 e. The van der Waals surface area contributed by atoms with Gasteiger partial charge >= 0.3 is 0 Å². The van der Waals surface area contributed by atoms with Crippen molar-refractivity contribution in [1.29, 1.82) is 0 Å². The Hall–Kier alpha value is -2.60. The summed E-state index contributed by atoms with van der Waals surface area (Å²) in [7, 11) is 3.56. The van der Waals surface area contributed by atoms with Crippen molar-refractivity contribution in [3.8, 4) is 5.69 Å². The third-order valence-corrected chi connectivity index (χ3v) is 5.64. The van der Waals surface area contributed by atoms with Crippen molar-refractivity contribution in [1.82, 2.24) is 19.7 Å². The highest BCUT2D eigenvalue weighted by atomic mass is 32.2. The second-order valence-electron chi connectivity index (χ2n) is 6.92. The quantitative estimate of drug-likeness (QED) is 0.607. The minimum Gasteiger partial charge on any atom is -0.348 e. The van der Waals surface area contributed by atoms with E-state index in [0.717, 1.165) is 29.9 Å². The zero-order valence-corrected chi connectivity index (χ0v) is 16.3. The Balaban J connectivity index is 1.69. The number of hydrogen-bond acceptors (Lipinski definition) is 4. The van der Waals surface area contributed by atoms with E-state index in [1.54, 1.807) is 19.0 Å². The topological polar surface area (TPSA) is 51.0 Å². The number of para-hydroxylation sites is 1. The molecular weight excluding hydrogens is 356 g/mol. The van der Waals surface area contributed by atoms with Gasteiger partial charge in [-0.25, -0.2) is 9.67 Å². The van der Waals surface area contributed by atoms with Crippen LogP contribution < -0.4 is 0 Å². The minimum atomic E-state index is -0.361. The van der Waals surface area contributed by atoms with Gasteiger partial charge in [0.2, 0.25) is 11.1 Å².